The number of nitrogens with zero attached hydrogens (tertiary/aromatic N) is 1. The number of nitrogens with two attached hydrogens (primary N) is 1. The molecule has 3 nitrogen and oxygen atoms in total. The maximum atomic E-state index is 5.76. The van der Waals surface area contributed by atoms with E-state index in [1.165, 1.54) is 0 Å². The fourth-order valence-electron chi connectivity index (χ4n) is 1.64. The molecular formula is C14H16N2O. The topological polar surface area (TPSA) is 48.1 Å². The zero-order valence-corrected chi connectivity index (χ0v) is 10.1. The average Bonchev–Trinajstić information content (AvgIpc) is 2.29. The highest BCUT2D eigenvalue weighted by Gasteiger charge is 2.08. The van der Waals surface area contributed by atoms with Crippen molar-refractivity contribution in [2.24, 2.45) is 0 Å². The van der Waals surface area contributed by atoms with Crippen LogP contribution in [0.15, 0.2) is 42.6 Å². The Balaban J connectivity index is 2.30. The van der Waals surface area contributed by atoms with Crippen molar-refractivity contribution in [3.63, 3.8) is 0 Å². The summed E-state index contributed by atoms with van der Waals surface area (Å²) in [6.07, 6.45) is 1.64. The Kier molecular flexibility index (Phi) is 3.28. The fourth-order valence-corrected chi connectivity index (χ4v) is 1.64. The smallest absolute Gasteiger partial charge is 0.221 e. The van der Waals surface area contributed by atoms with Crippen molar-refractivity contribution < 1.29 is 4.74 Å². The average molecular weight is 228 g/mol. The van der Waals surface area contributed by atoms with E-state index in [-0.39, 0.29) is 0 Å². The molecule has 0 aliphatic rings. The summed E-state index contributed by atoms with van der Waals surface area (Å²) >= 11 is 0. The lowest BCUT2D eigenvalue weighted by Gasteiger charge is -2.12. The van der Waals surface area contributed by atoms with E-state index in [1.807, 2.05) is 18.2 Å². The van der Waals surface area contributed by atoms with Gasteiger partial charge in [-0.15, -0.1) is 0 Å². The second kappa shape index (κ2) is 4.87. The lowest BCUT2D eigenvalue weighted by molar-refractivity contribution is 0.455. The molecule has 17 heavy (non-hydrogen) atoms. The monoisotopic (exact) mass is 228 g/mol. The minimum absolute atomic E-state index is 0.409. The largest absolute Gasteiger partial charge is 0.439 e. The summed E-state index contributed by atoms with van der Waals surface area (Å²) in [5.74, 6) is 1.77. The zero-order chi connectivity index (χ0) is 12.3. The van der Waals surface area contributed by atoms with Gasteiger partial charge in [-0.25, -0.2) is 4.98 Å². The number of aromatic nitrogens is 1. The first-order valence-electron chi connectivity index (χ1n) is 5.65. The SMILES string of the molecule is CC(C)c1ccccc1Oc1cc(N)ccn1. The number of para-hydroxylation sites is 1. The number of ether oxygens (including phenoxy) is 1. The van der Waals surface area contributed by atoms with Gasteiger partial charge in [-0.05, 0) is 23.6 Å². The Morgan fingerprint density at radius 1 is 1.18 bits per heavy atom. The molecule has 0 saturated heterocycles. The second-order valence-electron chi connectivity index (χ2n) is 4.22. The zero-order valence-electron chi connectivity index (χ0n) is 10.1. The molecule has 2 rings (SSSR count). The maximum absolute atomic E-state index is 5.76. The number of hydrogen-bond donors (Lipinski definition) is 1. The molecule has 0 fully saturated rings. The summed E-state index contributed by atoms with van der Waals surface area (Å²) in [7, 11) is 0. The van der Waals surface area contributed by atoms with Gasteiger partial charge in [0, 0.05) is 18.0 Å². The summed E-state index contributed by atoms with van der Waals surface area (Å²) < 4.78 is 5.76. The summed E-state index contributed by atoms with van der Waals surface area (Å²) in [6, 6.07) is 11.4. The molecule has 0 saturated carbocycles. The predicted octanol–water partition coefficient (Wildman–Crippen LogP) is 3.58. The molecule has 0 unspecified atom stereocenters. The quantitative estimate of drug-likeness (QED) is 0.873. The van der Waals surface area contributed by atoms with Crippen molar-refractivity contribution in [2.45, 2.75) is 19.8 Å². The number of pyridine rings is 1. The van der Waals surface area contributed by atoms with E-state index in [0.29, 0.717) is 17.5 Å². The van der Waals surface area contributed by atoms with Gasteiger partial charge in [0.25, 0.3) is 0 Å². The van der Waals surface area contributed by atoms with E-state index in [4.69, 9.17) is 10.5 Å². The van der Waals surface area contributed by atoms with Crippen LogP contribution in [0.2, 0.25) is 0 Å². The molecule has 1 aromatic heterocycles. The highest BCUT2D eigenvalue weighted by atomic mass is 16.5. The van der Waals surface area contributed by atoms with E-state index >= 15 is 0 Å². The van der Waals surface area contributed by atoms with E-state index < -0.39 is 0 Å². The molecule has 2 N–H and O–H groups in total. The summed E-state index contributed by atoms with van der Waals surface area (Å²) in [4.78, 5) is 4.13. The van der Waals surface area contributed by atoms with Crippen LogP contribution in [0, 0.1) is 0 Å². The highest BCUT2D eigenvalue weighted by molar-refractivity contribution is 5.43. The molecule has 0 radical (unpaired) electrons. The van der Waals surface area contributed by atoms with Gasteiger partial charge in [0.1, 0.15) is 5.75 Å². The standard InChI is InChI=1S/C14H16N2O/c1-10(2)12-5-3-4-6-13(12)17-14-9-11(15)7-8-16-14/h3-10H,1-2H3,(H2,15,16). The van der Waals surface area contributed by atoms with Crippen molar-refractivity contribution in [3.05, 3.63) is 48.2 Å². The fraction of sp³-hybridized carbons (Fsp3) is 0.214. The third-order valence-electron chi connectivity index (χ3n) is 2.51. The van der Waals surface area contributed by atoms with Crippen LogP contribution < -0.4 is 10.5 Å². The molecule has 1 heterocycles. The molecule has 3 heteroatoms. The van der Waals surface area contributed by atoms with Gasteiger partial charge in [-0.1, -0.05) is 32.0 Å². The van der Waals surface area contributed by atoms with Crippen molar-refractivity contribution in [1.82, 2.24) is 4.98 Å². The van der Waals surface area contributed by atoms with Crippen LogP contribution >= 0.6 is 0 Å². The van der Waals surface area contributed by atoms with E-state index in [9.17, 15) is 0 Å². The van der Waals surface area contributed by atoms with Gasteiger partial charge < -0.3 is 10.5 Å². The van der Waals surface area contributed by atoms with E-state index in [1.54, 1.807) is 18.3 Å². The third kappa shape index (κ3) is 2.75. The predicted molar refractivity (Wildman–Crippen MR) is 69.3 cm³/mol. The van der Waals surface area contributed by atoms with Crippen LogP contribution in [-0.2, 0) is 0 Å². The summed E-state index contributed by atoms with van der Waals surface area (Å²) in [5, 5.41) is 0. The molecule has 2 aromatic rings. The van der Waals surface area contributed by atoms with Crippen molar-refractivity contribution in [1.29, 1.82) is 0 Å². The van der Waals surface area contributed by atoms with Crippen molar-refractivity contribution in [3.8, 4) is 11.6 Å². The second-order valence-corrected chi connectivity index (χ2v) is 4.22. The molecular weight excluding hydrogens is 212 g/mol. The molecule has 0 amide bonds. The number of rotatable bonds is 3. The Labute approximate surface area is 101 Å². The van der Waals surface area contributed by atoms with Gasteiger partial charge in [-0.2, -0.15) is 0 Å². The van der Waals surface area contributed by atoms with Crippen LogP contribution in [0.1, 0.15) is 25.3 Å². The van der Waals surface area contributed by atoms with Gasteiger partial charge in [0.05, 0.1) is 0 Å². The lowest BCUT2D eigenvalue weighted by atomic mass is 10.0. The maximum Gasteiger partial charge on any atom is 0.221 e. The number of anilines is 1. The van der Waals surface area contributed by atoms with Crippen LogP contribution in [0.5, 0.6) is 11.6 Å². The molecule has 88 valence electrons. The minimum atomic E-state index is 0.409. The van der Waals surface area contributed by atoms with Crippen molar-refractivity contribution >= 4 is 5.69 Å². The van der Waals surface area contributed by atoms with Gasteiger partial charge in [0.2, 0.25) is 5.88 Å². The van der Waals surface area contributed by atoms with Crippen molar-refractivity contribution in [2.75, 3.05) is 5.73 Å². The summed E-state index contributed by atoms with van der Waals surface area (Å²) in [5.41, 5.74) is 7.50. The first-order chi connectivity index (χ1) is 8.16. The van der Waals surface area contributed by atoms with E-state index in [2.05, 4.69) is 24.9 Å². The third-order valence-corrected chi connectivity index (χ3v) is 2.51. The molecule has 0 aliphatic carbocycles. The Morgan fingerprint density at radius 3 is 2.65 bits per heavy atom. The first-order valence-corrected chi connectivity index (χ1v) is 5.65. The first kappa shape index (κ1) is 11.5. The van der Waals surface area contributed by atoms with Crippen LogP contribution in [0.3, 0.4) is 0 Å². The minimum Gasteiger partial charge on any atom is -0.439 e. The Bertz CT molecular complexity index is 509. The molecule has 1 aromatic carbocycles. The number of nitrogen functional groups attached to an aromatic ring is 1. The molecule has 0 atom stereocenters. The van der Waals surface area contributed by atoms with Gasteiger partial charge in [-0.3, -0.25) is 0 Å². The number of hydrogen-bond acceptors (Lipinski definition) is 3. The molecule has 0 spiro atoms. The van der Waals surface area contributed by atoms with Crippen LogP contribution in [0.25, 0.3) is 0 Å². The molecule has 0 aliphatic heterocycles. The van der Waals surface area contributed by atoms with Gasteiger partial charge in [0.15, 0.2) is 0 Å². The van der Waals surface area contributed by atoms with Crippen LogP contribution in [-0.4, -0.2) is 4.98 Å². The van der Waals surface area contributed by atoms with Gasteiger partial charge >= 0.3 is 0 Å². The molecule has 0 bridgehead atoms. The summed E-state index contributed by atoms with van der Waals surface area (Å²) in [6.45, 7) is 4.27. The Hall–Kier alpha value is -2.03. The lowest BCUT2D eigenvalue weighted by Crippen LogP contribution is -1.95. The number of benzene rings is 1. The van der Waals surface area contributed by atoms with Crippen LogP contribution in [0.4, 0.5) is 5.69 Å². The van der Waals surface area contributed by atoms with E-state index in [0.717, 1.165) is 11.3 Å². The highest BCUT2D eigenvalue weighted by Crippen LogP contribution is 2.29. The normalized spacial score (nSPS) is 10.5. The Morgan fingerprint density at radius 2 is 1.94 bits per heavy atom.